The summed E-state index contributed by atoms with van der Waals surface area (Å²) in [4.78, 5) is 23.3. The number of rotatable bonds is 7. The maximum atomic E-state index is 12.2. The van der Waals surface area contributed by atoms with Gasteiger partial charge in [-0.1, -0.05) is 42.5 Å². The molecule has 5 heteroatoms. The number of carbonyl (C=O) groups is 2. The van der Waals surface area contributed by atoms with Crippen LogP contribution in [-0.2, 0) is 16.0 Å². The van der Waals surface area contributed by atoms with Crippen molar-refractivity contribution < 1.29 is 14.7 Å². The Kier molecular flexibility index (Phi) is 6.09. The smallest absolute Gasteiger partial charge is 0.303 e. The van der Waals surface area contributed by atoms with E-state index in [1.54, 1.807) is 24.3 Å². The molecule has 2 aromatic carbocycles. The van der Waals surface area contributed by atoms with E-state index < -0.39 is 5.97 Å². The lowest BCUT2D eigenvalue weighted by molar-refractivity contribution is -0.137. The van der Waals surface area contributed by atoms with E-state index in [2.05, 4.69) is 11.4 Å². The van der Waals surface area contributed by atoms with Gasteiger partial charge in [0.2, 0.25) is 5.91 Å². The van der Waals surface area contributed by atoms with Crippen LogP contribution in [0.2, 0.25) is 0 Å². The summed E-state index contributed by atoms with van der Waals surface area (Å²) in [5.41, 5.74) is 2.34. The van der Waals surface area contributed by atoms with Crippen molar-refractivity contribution in [2.24, 2.45) is 0 Å². The second-order valence-electron chi connectivity index (χ2n) is 5.49. The van der Waals surface area contributed by atoms with Gasteiger partial charge in [0.25, 0.3) is 0 Å². The summed E-state index contributed by atoms with van der Waals surface area (Å²) >= 11 is 0. The number of benzene rings is 2. The highest BCUT2D eigenvalue weighted by molar-refractivity contribution is 5.91. The third kappa shape index (κ3) is 5.25. The quantitative estimate of drug-likeness (QED) is 0.818. The van der Waals surface area contributed by atoms with Crippen molar-refractivity contribution in [1.29, 1.82) is 5.26 Å². The van der Waals surface area contributed by atoms with Crippen LogP contribution in [0.25, 0.3) is 0 Å². The number of carbonyl (C=O) groups excluding carboxylic acids is 1. The molecule has 0 fully saturated rings. The average Bonchev–Trinajstić information content (AvgIpc) is 2.57. The second kappa shape index (κ2) is 8.49. The summed E-state index contributed by atoms with van der Waals surface area (Å²) in [5.74, 6) is -1.54. The first-order chi connectivity index (χ1) is 11.6. The Bertz CT molecular complexity index is 733. The van der Waals surface area contributed by atoms with Gasteiger partial charge in [0.1, 0.15) is 0 Å². The molecule has 1 amide bonds. The number of anilines is 1. The molecular formula is C19H18N2O3. The van der Waals surface area contributed by atoms with E-state index >= 15 is 0 Å². The van der Waals surface area contributed by atoms with E-state index in [0.29, 0.717) is 12.1 Å². The maximum absolute atomic E-state index is 12.2. The van der Waals surface area contributed by atoms with E-state index in [1.165, 1.54) is 0 Å². The third-order valence-corrected chi connectivity index (χ3v) is 3.64. The molecule has 0 saturated heterocycles. The first kappa shape index (κ1) is 17.2. The van der Waals surface area contributed by atoms with Crippen molar-refractivity contribution in [3.05, 3.63) is 65.7 Å². The van der Waals surface area contributed by atoms with Crippen LogP contribution in [0.5, 0.6) is 0 Å². The fourth-order valence-corrected chi connectivity index (χ4v) is 2.48. The fourth-order valence-electron chi connectivity index (χ4n) is 2.48. The van der Waals surface area contributed by atoms with Crippen LogP contribution in [0, 0.1) is 11.3 Å². The number of amides is 1. The molecule has 2 aromatic rings. The minimum Gasteiger partial charge on any atom is -0.481 e. The zero-order chi connectivity index (χ0) is 17.4. The number of nitrogens with one attached hydrogen (secondary N) is 1. The van der Waals surface area contributed by atoms with Crippen molar-refractivity contribution in [2.45, 2.75) is 25.2 Å². The van der Waals surface area contributed by atoms with Crippen LogP contribution in [0.15, 0.2) is 54.6 Å². The highest BCUT2D eigenvalue weighted by Crippen LogP contribution is 2.24. The number of hydrogen-bond donors (Lipinski definition) is 2. The van der Waals surface area contributed by atoms with Gasteiger partial charge in [-0.25, -0.2) is 0 Å². The zero-order valence-electron chi connectivity index (χ0n) is 13.1. The highest BCUT2D eigenvalue weighted by atomic mass is 16.4. The first-order valence-electron chi connectivity index (χ1n) is 7.61. The van der Waals surface area contributed by atoms with Gasteiger partial charge < -0.3 is 10.4 Å². The molecule has 24 heavy (non-hydrogen) atoms. The van der Waals surface area contributed by atoms with Crippen LogP contribution in [-0.4, -0.2) is 17.0 Å². The second-order valence-corrected chi connectivity index (χ2v) is 5.49. The molecule has 0 spiro atoms. The van der Waals surface area contributed by atoms with Crippen molar-refractivity contribution >= 4 is 17.6 Å². The number of carboxylic acids is 1. The Balaban J connectivity index is 2.02. The number of nitrogens with zero attached hydrogens (tertiary/aromatic N) is 1. The lowest BCUT2D eigenvalue weighted by atomic mass is 9.92. The molecule has 0 saturated carbocycles. The zero-order valence-corrected chi connectivity index (χ0v) is 13.1. The lowest BCUT2D eigenvalue weighted by Crippen LogP contribution is -2.17. The summed E-state index contributed by atoms with van der Waals surface area (Å²) in [6.07, 6.45) is 0.317. The number of carboxylic acid groups (broad SMARTS) is 1. The summed E-state index contributed by atoms with van der Waals surface area (Å²) in [6, 6.07) is 18.3. The molecule has 0 bridgehead atoms. The van der Waals surface area contributed by atoms with E-state index in [-0.39, 0.29) is 24.7 Å². The maximum Gasteiger partial charge on any atom is 0.303 e. The fraction of sp³-hybridized carbons (Fsp3) is 0.211. The molecule has 2 N–H and O–H groups in total. The summed E-state index contributed by atoms with van der Waals surface area (Å²) < 4.78 is 0. The Hall–Kier alpha value is -3.13. The topological polar surface area (TPSA) is 90.2 Å². The van der Waals surface area contributed by atoms with Crippen LogP contribution < -0.4 is 5.32 Å². The molecule has 0 aliphatic rings. The molecule has 1 atom stereocenters. The van der Waals surface area contributed by atoms with Crippen LogP contribution in [0.3, 0.4) is 0 Å². The van der Waals surface area contributed by atoms with Gasteiger partial charge in [0, 0.05) is 18.0 Å². The standard InChI is InChI=1S/C19H18N2O3/c20-11-10-14-6-8-17(9-7-14)21-18(22)12-16(13-19(23)24)15-4-2-1-3-5-15/h1-9,16H,10,12-13H2,(H,21,22)(H,23,24)/t16-/m0/s1. The molecule has 0 unspecified atom stereocenters. The lowest BCUT2D eigenvalue weighted by Gasteiger charge is -2.15. The minimum atomic E-state index is -0.933. The molecule has 0 heterocycles. The van der Waals surface area contributed by atoms with Gasteiger partial charge in [0.05, 0.1) is 18.9 Å². The Labute approximate surface area is 140 Å². The summed E-state index contributed by atoms with van der Waals surface area (Å²) in [5, 5.41) is 20.5. The summed E-state index contributed by atoms with van der Waals surface area (Å²) in [7, 11) is 0. The Morgan fingerprint density at radius 1 is 1.04 bits per heavy atom. The van der Waals surface area contributed by atoms with Gasteiger partial charge in [-0.15, -0.1) is 0 Å². The molecule has 2 rings (SSSR count). The SMILES string of the molecule is N#CCc1ccc(NC(=O)C[C@@H](CC(=O)O)c2ccccc2)cc1. The van der Waals surface area contributed by atoms with Crippen molar-refractivity contribution in [3.8, 4) is 6.07 Å². The average molecular weight is 322 g/mol. The number of hydrogen-bond acceptors (Lipinski definition) is 3. The van der Waals surface area contributed by atoms with Crippen molar-refractivity contribution in [2.75, 3.05) is 5.32 Å². The first-order valence-corrected chi connectivity index (χ1v) is 7.61. The molecule has 5 nitrogen and oxygen atoms in total. The van der Waals surface area contributed by atoms with Gasteiger partial charge in [-0.3, -0.25) is 9.59 Å². The van der Waals surface area contributed by atoms with E-state index in [0.717, 1.165) is 11.1 Å². The predicted octanol–water partition coefficient (Wildman–Crippen LogP) is 3.34. The number of aliphatic carboxylic acids is 1. The van der Waals surface area contributed by atoms with Gasteiger partial charge in [0.15, 0.2) is 0 Å². The number of nitriles is 1. The molecule has 0 radical (unpaired) electrons. The van der Waals surface area contributed by atoms with Crippen LogP contribution in [0.4, 0.5) is 5.69 Å². The van der Waals surface area contributed by atoms with E-state index in [1.807, 2.05) is 30.3 Å². The van der Waals surface area contributed by atoms with Gasteiger partial charge in [-0.05, 0) is 23.3 Å². The predicted molar refractivity (Wildman–Crippen MR) is 90.4 cm³/mol. The monoisotopic (exact) mass is 322 g/mol. The molecule has 0 aromatic heterocycles. The van der Waals surface area contributed by atoms with Crippen LogP contribution in [0.1, 0.15) is 29.9 Å². The van der Waals surface area contributed by atoms with E-state index in [9.17, 15) is 9.59 Å². The van der Waals surface area contributed by atoms with Gasteiger partial charge >= 0.3 is 5.97 Å². The van der Waals surface area contributed by atoms with Crippen molar-refractivity contribution in [3.63, 3.8) is 0 Å². The van der Waals surface area contributed by atoms with Crippen molar-refractivity contribution in [1.82, 2.24) is 0 Å². The molecular weight excluding hydrogens is 304 g/mol. The molecule has 0 aliphatic carbocycles. The normalized spacial score (nSPS) is 11.3. The van der Waals surface area contributed by atoms with E-state index in [4.69, 9.17) is 10.4 Å². The Morgan fingerprint density at radius 3 is 2.29 bits per heavy atom. The minimum absolute atomic E-state index is 0.0935. The largest absolute Gasteiger partial charge is 0.481 e. The van der Waals surface area contributed by atoms with Gasteiger partial charge in [-0.2, -0.15) is 5.26 Å². The molecule has 122 valence electrons. The highest BCUT2D eigenvalue weighted by Gasteiger charge is 2.19. The third-order valence-electron chi connectivity index (χ3n) is 3.64. The molecule has 0 aliphatic heterocycles. The van der Waals surface area contributed by atoms with Crippen LogP contribution >= 0.6 is 0 Å². The Morgan fingerprint density at radius 2 is 1.71 bits per heavy atom. The summed E-state index contributed by atoms with van der Waals surface area (Å²) in [6.45, 7) is 0.